The summed E-state index contributed by atoms with van der Waals surface area (Å²) in [5.41, 5.74) is 3.48. The molecule has 1 aromatic rings. The zero-order valence-electron chi connectivity index (χ0n) is 25.9. The van der Waals surface area contributed by atoms with Gasteiger partial charge in [0, 0.05) is 30.8 Å². The fourth-order valence-electron chi connectivity index (χ4n) is 4.14. The highest BCUT2D eigenvalue weighted by atomic mass is 35.5. The molecule has 0 spiro atoms. The summed E-state index contributed by atoms with van der Waals surface area (Å²) in [6.45, 7) is 15.1. The number of rotatable bonds is 8. The van der Waals surface area contributed by atoms with Crippen LogP contribution in [0.5, 0.6) is 0 Å². The molecule has 2 atom stereocenters. The van der Waals surface area contributed by atoms with Gasteiger partial charge in [-0.05, 0) is 57.0 Å². The minimum absolute atomic E-state index is 0.185. The van der Waals surface area contributed by atoms with Gasteiger partial charge in [-0.1, -0.05) is 51.9 Å². The molecule has 3 rings (SSSR count). The van der Waals surface area contributed by atoms with E-state index in [0.717, 1.165) is 12.8 Å². The van der Waals surface area contributed by atoms with Crippen LogP contribution in [0.15, 0.2) is 9.68 Å². The molecule has 0 unspecified atom stereocenters. The van der Waals surface area contributed by atoms with Crippen LogP contribution in [0.25, 0.3) is 0 Å². The van der Waals surface area contributed by atoms with Crippen LogP contribution in [-0.4, -0.2) is 78.7 Å². The number of aryl methyl sites for hydroxylation is 1. The topological polar surface area (TPSA) is 189 Å². The van der Waals surface area contributed by atoms with Crippen LogP contribution in [-0.2, 0) is 24.0 Å². The fraction of sp³-hybridized carbons (Fsp3) is 0.714. The lowest BCUT2D eigenvalue weighted by molar-refractivity contribution is -0.150. The Labute approximate surface area is 252 Å². The van der Waals surface area contributed by atoms with Crippen LogP contribution in [0.4, 0.5) is 0 Å². The molecule has 2 aliphatic heterocycles. The molecule has 0 aromatic carbocycles. The molecule has 236 valence electrons. The first-order valence-corrected chi connectivity index (χ1v) is 14.5. The Balaban J connectivity index is 0.000000366. The Morgan fingerprint density at radius 1 is 0.976 bits per heavy atom. The van der Waals surface area contributed by atoms with E-state index in [4.69, 9.17) is 27.1 Å². The summed E-state index contributed by atoms with van der Waals surface area (Å²) in [4.78, 5) is 67.0. The number of Topliss-reactive ketones (excluding diaryl/α,β-unsaturated/α-hetero) is 2. The number of hydrogen-bond acceptors (Lipinski definition) is 10. The van der Waals surface area contributed by atoms with E-state index in [1.165, 1.54) is 11.8 Å². The van der Waals surface area contributed by atoms with Crippen LogP contribution in [0.1, 0.15) is 105 Å². The van der Waals surface area contributed by atoms with Crippen molar-refractivity contribution >= 4 is 46.1 Å². The summed E-state index contributed by atoms with van der Waals surface area (Å²) < 4.78 is 4.97. The smallest absolute Gasteiger partial charge is 0.291 e. The van der Waals surface area contributed by atoms with Gasteiger partial charge >= 0.3 is 0 Å². The average molecular weight is 613 g/mol. The molecular weight excluding hydrogens is 568 g/mol. The van der Waals surface area contributed by atoms with Crippen molar-refractivity contribution in [1.29, 1.82) is 0 Å². The number of carbonyl (C=O) groups excluding carboxylic acids is 5. The number of hydrogen-bond donors (Lipinski definition) is 2. The number of halogens is 1. The zero-order chi connectivity index (χ0) is 32.4. The minimum Gasteiger partial charge on any atom is -0.409 e. The van der Waals surface area contributed by atoms with E-state index in [1.54, 1.807) is 39.5 Å². The quantitative estimate of drug-likeness (QED) is 0.110. The van der Waals surface area contributed by atoms with Gasteiger partial charge in [0.05, 0.1) is 6.04 Å². The molecule has 3 heterocycles. The molecule has 2 amide bonds. The van der Waals surface area contributed by atoms with Gasteiger partial charge < -0.3 is 25.3 Å². The number of ketones is 2. The predicted octanol–water partition coefficient (Wildman–Crippen LogP) is 3.55. The molecule has 2 aliphatic rings. The molecule has 42 heavy (non-hydrogen) atoms. The van der Waals surface area contributed by atoms with Crippen molar-refractivity contribution < 1.29 is 33.7 Å². The van der Waals surface area contributed by atoms with Crippen LogP contribution in [0, 0.1) is 17.8 Å². The van der Waals surface area contributed by atoms with Crippen molar-refractivity contribution in [2.45, 2.75) is 106 Å². The Morgan fingerprint density at radius 2 is 1.43 bits per heavy atom. The Hall–Kier alpha value is -3.35. The maximum atomic E-state index is 12.4. The molecule has 1 aromatic heterocycles. The van der Waals surface area contributed by atoms with Crippen molar-refractivity contribution in [3.8, 4) is 0 Å². The highest BCUT2D eigenvalue weighted by molar-refractivity contribution is 6.65. The lowest BCUT2D eigenvalue weighted by atomic mass is 9.84. The van der Waals surface area contributed by atoms with Crippen molar-refractivity contribution in [1.82, 2.24) is 19.9 Å². The highest BCUT2D eigenvalue weighted by Crippen LogP contribution is 2.32. The van der Waals surface area contributed by atoms with Crippen LogP contribution in [0.3, 0.4) is 0 Å². The molecule has 2 saturated heterocycles. The van der Waals surface area contributed by atoms with Crippen LogP contribution >= 0.6 is 11.6 Å². The predicted molar refractivity (Wildman–Crippen MR) is 156 cm³/mol. The number of nitrogens with zero attached hydrogens (tertiary/aromatic N) is 5. The van der Waals surface area contributed by atoms with Crippen molar-refractivity contribution in [3.05, 3.63) is 11.7 Å². The van der Waals surface area contributed by atoms with E-state index >= 15 is 0 Å². The van der Waals surface area contributed by atoms with E-state index in [2.05, 4.69) is 15.3 Å². The first-order valence-electron chi connectivity index (χ1n) is 14.1. The van der Waals surface area contributed by atoms with E-state index in [1.807, 2.05) is 13.8 Å². The van der Waals surface area contributed by atoms with E-state index in [-0.39, 0.29) is 17.7 Å². The summed E-state index contributed by atoms with van der Waals surface area (Å²) in [5.74, 6) is -0.632. The van der Waals surface area contributed by atoms with Gasteiger partial charge in [-0.15, -0.1) is 0 Å². The Kier molecular flexibility index (Phi) is 13.8. The number of amidine groups is 1. The third-order valence-corrected chi connectivity index (χ3v) is 7.93. The summed E-state index contributed by atoms with van der Waals surface area (Å²) in [5, 5.41) is 13.5. The standard InChI is InChI=1S/C14H21N3O3.C12H18ClNO3.C2H6N2O/c1-5-14(3,4)11(18)13(19)17-8-6-7-10(17)12-15-9(2)20-16-12;1-4-12(2,3)9(15)11(17)14-7-5-6-8(14)10(13)16;1-2(3)4-5/h10H,5-8H2,1-4H3;8H,4-7H2,1-3H3;5H,1H3,(H2,3,4)/t10-;8-;/m00./s1. The number of oxime groups is 1. The normalized spacial score (nSPS) is 18.9. The number of carbonyl (C=O) groups is 5. The largest absolute Gasteiger partial charge is 0.409 e. The van der Waals surface area contributed by atoms with Crippen molar-refractivity contribution in [3.63, 3.8) is 0 Å². The number of aromatic nitrogens is 2. The van der Waals surface area contributed by atoms with Gasteiger partial charge in [0.2, 0.25) is 22.7 Å². The minimum atomic E-state index is -0.681. The van der Waals surface area contributed by atoms with Gasteiger partial charge in [0.15, 0.2) is 5.82 Å². The van der Waals surface area contributed by atoms with Gasteiger partial charge in [-0.3, -0.25) is 24.0 Å². The molecule has 2 fully saturated rings. The highest BCUT2D eigenvalue weighted by Gasteiger charge is 2.41. The maximum Gasteiger partial charge on any atom is 0.291 e. The third-order valence-electron chi connectivity index (χ3n) is 7.67. The zero-order valence-corrected chi connectivity index (χ0v) is 26.7. The molecule has 3 N–H and O–H groups in total. The molecule has 14 heteroatoms. The summed E-state index contributed by atoms with van der Waals surface area (Å²) in [6.07, 6.45) is 4.11. The Bertz CT molecular complexity index is 1160. The van der Waals surface area contributed by atoms with E-state index in [9.17, 15) is 24.0 Å². The second-order valence-electron chi connectivity index (χ2n) is 11.7. The summed E-state index contributed by atoms with van der Waals surface area (Å²) in [7, 11) is 0. The number of nitrogens with two attached hydrogens (primary N) is 1. The van der Waals surface area contributed by atoms with Crippen LogP contribution < -0.4 is 5.73 Å². The Morgan fingerprint density at radius 3 is 1.83 bits per heavy atom. The first-order chi connectivity index (χ1) is 19.4. The van der Waals surface area contributed by atoms with Gasteiger partial charge in [-0.2, -0.15) is 4.98 Å². The van der Waals surface area contributed by atoms with Crippen molar-refractivity contribution in [2.24, 2.45) is 21.7 Å². The van der Waals surface area contributed by atoms with Gasteiger partial charge in [0.1, 0.15) is 11.9 Å². The lowest BCUT2D eigenvalue weighted by Gasteiger charge is -2.26. The lowest BCUT2D eigenvalue weighted by Crippen LogP contribution is -2.46. The summed E-state index contributed by atoms with van der Waals surface area (Å²) >= 11 is 5.43. The van der Waals surface area contributed by atoms with Gasteiger partial charge in [0.25, 0.3) is 11.8 Å². The molecular formula is C28H45ClN6O7. The molecule has 0 radical (unpaired) electrons. The molecule has 0 aliphatic carbocycles. The van der Waals surface area contributed by atoms with Crippen LogP contribution in [0.2, 0.25) is 0 Å². The SMILES string of the molecule is C/C(N)=N/O.CCC(C)(C)C(=O)C(=O)N1CCC[C@H]1C(=O)Cl.CCC(C)(C)C(=O)C(=O)N1CCC[C@H]1c1noc(C)n1. The number of likely N-dealkylation sites (tertiary alicyclic amines) is 2. The van der Waals surface area contributed by atoms with E-state index < -0.39 is 39.7 Å². The second-order valence-corrected chi connectivity index (χ2v) is 12.0. The van der Waals surface area contributed by atoms with E-state index in [0.29, 0.717) is 50.5 Å². The molecule has 13 nitrogen and oxygen atoms in total. The average Bonchev–Trinajstić information content (AvgIpc) is 3.72. The summed E-state index contributed by atoms with van der Waals surface area (Å²) in [6, 6.07) is -0.864. The fourth-order valence-corrected chi connectivity index (χ4v) is 4.36. The van der Waals surface area contributed by atoms with Gasteiger partial charge in [-0.25, -0.2) is 0 Å². The molecule has 0 saturated carbocycles. The maximum absolute atomic E-state index is 12.4. The second kappa shape index (κ2) is 15.8. The number of amides is 2. The third kappa shape index (κ3) is 9.60. The molecule has 0 bridgehead atoms. The monoisotopic (exact) mass is 612 g/mol. The van der Waals surface area contributed by atoms with Crippen molar-refractivity contribution in [2.75, 3.05) is 13.1 Å². The first kappa shape index (κ1) is 36.7.